The van der Waals surface area contributed by atoms with E-state index in [0.29, 0.717) is 11.8 Å². The molecule has 0 radical (unpaired) electrons. The second-order valence-corrected chi connectivity index (χ2v) is 5.01. The molecule has 1 aliphatic rings. The van der Waals surface area contributed by atoms with Gasteiger partial charge in [0, 0.05) is 19.0 Å². The van der Waals surface area contributed by atoms with E-state index in [4.69, 9.17) is 0 Å². The zero-order valence-corrected chi connectivity index (χ0v) is 15.0. The molecule has 0 spiro atoms. The van der Waals surface area contributed by atoms with Crippen LogP contribution in [0.4, 0.5) is 0 Å². The molecule has 0 atom stereocenters. The van der Waals surface area contributed by atoms with Gasteiger partial charge in [0.15, 0.2) is 0 Å². The molecule has 0 heterocycles. The highest BCUT2D eigenvalue weighted by Crippen LogP contribution is 2.25. The SMILES string of the molecule is CC.CC.CCCCN(CCC)C(=O)C1CCCCC1. The predicted molar refractivity (Wildman–Crippen MR) is 91.1 cm³/mol. The number of unbranched alkanes of at least 4 members (excludes halogenated alkanes) is 1. The van der Waals surface area contributed by atoms with Crippen LogP contribution in [0.2, 0.25) is 0 Å². The molecule has 0 aliphatic heterocycles. The third-order valence-corrected chi connectivity index (χ3v) is 3.54. The number of amides is 1. The van der Waals surface area contributed by atoms with E-state index in [0.717, 1.165) is 38.8 Å². The highest BCUT2D eigenvalue weighted by atomic mass is 16.2. The van der Waals surface area contributed by atoms with Gasteiger partial charge in [-0.15, -0.1) is 0 Å². The highest BCUT2D eigenvalue weighted by Gasteiger charge is 2.24. The zero-order chi connectivity index (χ0) is 15.8. The molecule has 0 aromatic rings. The number of nitrogens with zero attached hydrogens (tertiary/aromatic N) is 1. The Kier molecular flexibility index (Phi) is 18.0. The molecular formula is C18H39NO. The van der Waals surface area contributed by atoms with Gasteiger partial charge in [0.05, 0.1) is 0 Å². The maximum Gasteiger partial charge on any atom is 0.225 e. The van der Waals surface area contributed by atoms with Crippen LogP contribution in [0.25, 0.3) is 0 Å². The molecule has 1 rings (SSSR count). The number of hydrogen-bond donors (Lipinski definition) is 0. The van der Waals surface area contributed by atoms with E-state index in [1.807, 2.05) is 27.7 Å². The van der Waals surface area contributed by atoms with Crippen LogP contribution < -0.4 is 0 Å². The Morgan fingerprint density at radius 3 is 1.90 bits per heavy atom. The summed E-state index contributed by atoms with van der Waals surface area (Å²) in [5.74, 6) is 0.784. The first-order valence-electron chi connectivity index (χ1n) is 9.08. The minimum atomic E-state index is 0.345. The van der Waals surface area contributed by atoms with Crippen LogP contribution in [-0.2, 0) is 4.79 Å². The van der Waals surface area contributed by atoms with Gasteiger partial charge in [0.25, 0.3) is 0 Å². The molecule has 2 nitrogen and oxygen atoms in total. The minimum Gasteiger partial charge on any atom is -0.342 e. The number of carbonyl (C=O) groups is 1. The highest BCUT2D eigenvalue weighted by molar-refractivity contribution is 5.78. The smallest absolute Gasteiger partial charge is 0.225 e. The van der Waals surface area contributed by atoms with Crippen molar-refractivity contribution in [3.05, 3.63) is 0 Å². The van der Waals surface area contributed by atoms with Crippen molar-refractivity contribution in [2.45, 2.75) is 92.9 Å². The maximum absolute atomic E-state index is 12.3. The summed E-state index contributed by atoms with van der Waals surface area (Å²) >= 11 is 0. The molecule has 0 aromatic carbocycles. The van der Waals surface area contributed by atoms with Gasteiger partial charge in [-0.05, 0) is 25.7 Å². The Morgan fingerprint density at radius 2 is 1.45 bits per heavy atom. The molecule has 2 heteroatoms. The lowest BCUT2D eigenvalue weighted by Gasteiger charge is -2.29. The van der Waals surface area contributed by atoms with Crippen molar-refractivity contribution in [2.75, 3.05) is 13.1 Å². The Balaban J connectivity index is 0. The third kappa shape index (κ3) is 9.39. The first kappa shape index (κ1) is 21.8. The van der Waals surface area contributed by atoms with Crippen molar-refractivity contribution in [2.24, 2.45) is 5.92 Å². The lowest BCUT2D eigenvalue weighted by atomic mass is 9.88. The minimum absolute atomic E-state index is 0.345. The summed E-state index contributed by atoms with van der Waals surface area (Å²) in [7, 11) is 0. The lowest BCUT2D eigenvalue weighted by molar-refractivity contribution is -0.136. The van der Waals surface area contributed by atoms with Crippen LogP contribution in [0.3, 0.4) is 0 Å². The zero-order valence-electron chi connectivity index (χ0n) is 15.0. The standard InChI is InChI=1S/C14H27NO.2C2H6/c1-3-5-12-15(11-4-2)14(16)13-9-7-6-8-10-13;2*1-2/h13H,3-12H2,1-2H3;2*1-2H3. The third-order valence-electron chi connectivity index (χ3n) is 3.54. The first-order valence-corrected chi connectivity index (χ1v) is 9.08. The quantitative estimate of drug-likeness (QED) is 0.617. The largest absolute Gasteiger partial charge is 0.342 e. The summed E-state index contributed by atoms with van der Waals surface area (Å²) in [4.78, 5) is 14.4. The number of hydrogen-bond acceptors (Lipinski definition) is 1. The summed E-state index contributed by atoms with van der Waals surface area (Å²) in [5.41, 5.74) is 0. The average molecular weight is 286 g/mol. The van der Waals surface area contributed by atoms with Gasteiger partial charge in [0.2, 0.25) is 5.91 Å². The molecule has 0 unspecified atom stereocenters. The van der Waals surface area contributed by atoms with E-state index in [9.17, 15) is 4.79 Å². The fourth-order valence-electron chi connectivity index (χ4n) is 2.56. The molecule has 1 fully saturated rings. The average Bonchev–Trinajstić information content (AvgIpc) is 2.55. The van der Waals surface area contributed by atoms with E-state index >= 15 is 0 Å². The summed E-state index contributed by atoms with van der Waals surface area (Å²) in [6, 6.07) is 0. The molecule has 1 amide bonds. The van der Waals surface area contributed by atoms with Crippen LogP contribution in [0.1, 0.15) is 92.9 Å². The van der Waals surface area contributed by atoms with Crippen LogP contribution in [0, 0.1) is 5.92 Å². The fourth-order valence-corrected chi connectivity index (χ4v) is 2.56. The molecule has 0 N–H and O–H groups in total. The lowest BCUT2D eigenvalue weighted by Crippen LogP contribution is -2.38. The van der Waals surface area contributed by atoms with Gasteiger partial charge in [0.1, 0.15) is 0 Å². The number of carbonyl (C=O) groups excluding carboxylic acids is 1. The van der Waals surface area contributed by atoms with Crippen molar-refractivity contribution < 1.29 is 4.79 Å². The molecule has 1 aliphatic carbocycles. The van der Waals surface area contributed by atoms with Crippen LogP contribution in [0.5, 0.6) is 0 Å². The van der Waals surface area contributed by atoms with E-state index in [2.05, 4.69) is 18.7 Å². The first-order chi connectivity index (χ1) is 9.79. The van der Waals surface area contributed by atoms with Crippen molar-refractivity contribution in [1.29, 1.82) is 0 Å². The summed E-state index contributed by atoms with van der Waals surface area (Å²) in [5, 5.41) is 0. The van der Waals surface area contributed by atoms with Gasteiger partial charge in [-0.25, -0.2) is 0 Å². The molecule has 0 bridgehead atoms. The molecule has 0 saturated heterocycles. The molecule has 1 saturated carbocycles. The fraction of sp³-hybridized carbons (Fsp3) is 0.944. The van der Waals surface area contributed by atoms with E-state index in [1.54, 1.807) is 0 Å². The molecular weight excluding hydrogens is 246 g/mol. The van der Waals surface area contributed by atoms with E-state index < -0.39 is 0 Å². The monoisotopic (exact) mass is 285 g/mol. The van der Waals surface area contributed by atoms with Gasteiger partial charge in [-0.3, -0.25) is 4.79 Å². The summed E-state index contributed by atoms with van der Waals surface area (Å²) in [6.07, 6.45) is 9.51. The summed E-state index contributed by atoms with van der Waals surface area (Å²) in [6.45, 7) is 14.3. The normalized spacial score (nSPS) is 14.5. The topological polar surface area (TPSA) is 20.3 Å². The van der Waals surface area contributed by atoms with Crippen LogP contribution >= 0.6 is 0 Å². The Labute approximate surface area is 128 Å². The van der Waals surface area contributed by atoms with Gasteiger partial charge in [-0.2, -0.15) is 0 Å². The molecule has 20 heavy (non-hydrogen) atoms. The van der Waals surface area contributed by atoms with Gasteiger partial charge in [-0.1, -0.05) is 67.2 Å². The van der Waals surface area contributed by atoms with Crippen molar-refractivity contribution in [3.8, 4) is 0 Å². The maximum atomic E-state index is 12.3. The second kappa shape index (κ2) is 16.5. The van der Waals surface area contributed by atoms with Crippen molar-refractivity contribution >= 4 is 5.91 Å². The Morgan fingerprint density at radius 1 is 0.900 bits per heavy atom. The molecule has 122 valence electrons. The Bertz CT molecular complexity index is 198. The van der Waals surface area contributed by atoms with Crippen molar-refractivity contribution in [3.63, 3.8) is 0 Å². The van der Waals surface area contributed by atoms with Crippen LogP contribution in [0.15, 0.2) is 0 Å². The predicted octanol–water partition coefficient (Wildman–Crippen LogP) is 5.66. The van der Waals surface area contributed by atoms with Crippen LogP contribution in [-0.4, -0.2) is 23.9 Å². The van der Waals surface area contributed by atoms with Crippen molar-refractivity contribution in [1.82, 2.24) is 4.90 Å². The second-order valence-electron chi connectivity index (χ2n) is 5.01. The van der Waals surface area contributed by atoms with Gasteiger partial charge >= 0.3 is 0 Å². The summed E-state index contributed by atoms with van der Waals surface area (Å²) < 4.78 is 0. The van der Waals surface area contributed by atoms with Gasteiger partial charge < -0.3 is 4.90 Å². The van der Waals surface area contributed by atoms with E-state index in [-0.39, 0.29) is 0 Å². The number of rotatable bonds is 6. The molecule has 0 aromatic heterocycles. The Hall–Kier alpha value is -0.530. The van der Waals surface area contributed by atoms with E-state index in [1.165, 1.54) is 25.7 Å².